The van der Waals surface area contributed by atoms with Crippen molar-refractivity contribution >= 4 is 17.5 Å². The molecule has 2 aromatic carbocycles. The maximum Gasteiger partial charge on any atom is 0.264 e. The number of anilines is 1. The molecule has 2 rings (SSSR count). The summed E-state index contributed by atoms with van der Waals surface area (Å²) in [6.45, 7) is 2.12. The molecule has 28 heavy (non-hydrogen) atoms. The third kappa shape index (κ3) is 6.66. The molecule has 0 unspecified atom stereocenters. The van der Waals surface area contributed by atoms with E-state index in [0.29, 0.717) is 6.54 Å². The van der Waals surface area contributed by atoms with Crippen molar-refractivity contribution < 1.29 is 18.7 Å². The quantitative estimate of drug-likeness (QED) is 0.707. The highest BCUT2D eigenvalue weighted by atomic mass is 19.1. The largest absolute Gasteiger partial charge is 0.378 e. The van der Waals surface area contributed by atoms with E-state index in [1.807, 2.05) is 43.3 Å². The van der Waals surface area contributed by atoms with E-state index in [2.05, 4.69) is 5.43 Å². The Bertz CT molecular complexity index is 776. The molecule has 0 spiro atoms. The van der Waals surface area contributed by atoms with Crippen LogP contribution in [0.2, 0.25) is 0 Å². The number of rotatable bonds is 8. The Hall–Kier alpha value is -2.93. The number of hydrogen-bond acceptors (Lipinski definition) is 4. The van der Waals surface area contributed by atoms with E-state index in [9.17, 15) is 14.0 Å². The van der Waals surface area contributed by atoms with Crippen LogP contribution in [-0.2, 0) is 27.4 Å². The van der Waals surface area contributed by atoms with Crippen LogP contribution in [0.15, 0.2) is 48.5 Å². The van der Waals surface area contributed by atoms with Gasteiger partial charge in [-0.2, -0.15) is 0 Å². The van der Waals surface area contributed by atoms with Crippen LogP contribution in [0.4, 0.5) is 10.1 Å². The molecule has 7 heteroatoms. The van der Waals surface area contributed by atoms with Crippen molar-refractivity contribution in [2.45, 2.75) is 20.0 Å². The molecular weight excluding hydrogens is 361 g/mol. The van der Waals surface area contributed by atoms with Crippen LogP contribution in [0, 0.1) is 5.82 Å². The summed E-state index contributed by atoms with van der Waals surface area (Å²) in [4.78, 5) is 26.5. The Morgan fingerprint density at radius 3 is 2.18 bits per heavy atom. The van der Waals surface area contributed by atoms with Crippen molar-refractivity contribution in [3.63, 3.8) is 0 Å². The number of halogens is 1. The fraction of sp³-hybridized carbons (Fsp3) is 0.333. The Morgan fingerprint density at radius 2 is 1.61 bits per heavy atom. The van der Waals surface area contributed by atoms with Crippen molar-refractivity contribution in [3.8, 4) is 0 Å². The summed E-state index contributed by atoms with van der Waals surface area (Å²) in [7, 11) is 3.90. The molecule has 0 heterocycles. The lowest BCUT2D eigenvalue weighted by Gasteiger charge is -2.22. The van der Waals surface area contributed by atoms with Gasteiger partial charge in [0, 0.05) is 26.3 Å². The van der Waals surface area contributed by atoms with Gasteiger partial charge in [0.2, 0.25) is 5.91 Å². The molecule has 2 amide bonds. The van der Waals surface area contributed by atoms with Gasteiger partial charge in [-0.1, -0.05) is 24.3 Å². The zero-order valence-electron chi connectivity index (χ0n) is 16.4. The van der Waals surface area contributed by atoms with E-state index in [4.69, 9.17) is 4.74 Å². The zero-order chi connectivity index (χ0) is 20.5. The molecule has 0 saturated carbocycles. The van der Waals surface area contributed by atoms with Crippen molar-refractivity contribution in [1.29, 1.82) is 0 Å². The van der Waals surface area contributed by atoms with E-state index in [1.165, 1.54) is 17.1 Å². The van der Waals surface area contributed by atoms with Gasteiger partial charge in [-0.05, 0) is 42.3 Å². The summed E-state index contributed by atoms with van der Waals surface area (Å²) in [6.07, 6.45) is 0.193. The highest BCUT2D eigenvalue weighted by Crippen LogP contribution is 2.13. The first-order valence-corrected chi connectivity index (χ1v) is 9.07. The van der Waals surface area contributed by atoms with E-state index in [0.717, 1.165) is 16.8 Å². The summed E-state index contributed by atoms with van der Waals surface area (Å²) >= 11 is 0. The first-order valence-electron chi connectivity index (χ1n) is 9.07. The van der Waals surface area contributed by atoms with Crippen molar-refractivity contribution in [3.05, 3.63) is 65.5 Å². The van der Waals surface area contributed by atoms with Gasteiger partial charge in [0.25, 0.3) is 5.91 Å². The van der Waals surface area contributed by atoms with Gasteiger partial charge in [-0.25, -0.2) is 4.39 Å². The average molecular weight is 387 g/mol. The molecular formula is C21H26FN3O3. The molecule has 0 aliphatic carbocycles. The minimum Gasteiger partial charge on any atom is -0.378 e. The summed E-state index contributed by atoms with van der Waals surface area (Å²) in [5.74, 6) is -0.942. The van der Waals surface area contributed by atoms with Crippen molar-refractivity contribution in [2.75, 3.05) is 32.1 Å². The number of amides is 2. The first kappa shape index (κ1) is 21.4. The smallest absolute Gasteiger partial charge is 0.264 e. The van der Waals surface area contributed by atoms with E-state index in [-0.39, 0.29) is 31.4 Å². The van der Waals surface area contributed by atoms with Gasteiger partial charge in [-0.15, -0.1) is 0 Å². The van der Waals surface area contributed by atoms with Crippen LogP contribution in [0.1, 0.15) is 18.1 Å². The van der Waals surface area contributed by atoms with E-state index in [1.54, 1.807) is 19.1 Å². The highest BCUT2D eigenvalue weighted by molar-refractivity contribution is 5.84. The molecule has 6 nitrogen and oxygen atoms in total. The summed E-state index contributed by atoms with van der Waals surface area (Å²) in [6, 6.07) is 13.5. The number of carbonyl (C=O) groups excluding carboxylic acids is 2. The molecule has 0 atom stereocenters. The van der Waals surface area contributed by atoms with E-state index < -0.39 is 5.91 Å². The minimum absolute atomic E-state index is 0.187. The van der Waals surface area contributed by atoms with Gasteiger partial charge >= 0.3 is 0 Å². The molecule has 0 bridgehead atoms. The monoisotopic (exact) mass is 387 g/mol. The zero-order valence-corrected chi connectivity index (χ0v) is 16.4. The second-order valence-corrected chi connectivity index (χ2v) is 6.53. The molecule has 0 aromatic heterocycles. The normalized spacial score (nSPS) is 10.4. The minimum atomic E-state index is -0.416. The number of hydrazine groups is 1. The van der Waals surface area contributed by atoms with E-state index >= 15 is 0 Å². The van der Waals surface area contributed by atoms with Gasteiger partial charge in [0.1, 0.15) is 12.4 Å². The standard InChI is InChI=1S/C21H26FN3O3/c1-4-25(21(27)13-16-7-11-19(12-8-16)24(2)3)23-20(26)15-28-14-17-5-9-18(22)10-6-17/h5-12H,4,13-15H2,1-3H3,(H,23,26). The number of likely N-dealkylation sites (N-methyl/N-ethyl adjacent to an activating group) is 1. The SMILES string of the molecule is CCN(NC(=O)COCc1ccc(F)cc1)C(=O)Cc1ccc(N(C)C)cc1. The molecule has 150 valence electrons. The van der Waals surface area contributed by atoms with Crippen LogP contribution < -0.4 is 10.3 Å². The predicted molar refractivity (Wildman–Crippen MR) is 106 cm³/mol. The van der Waals surface area contributed by atoms with Gasteiger partial charge < -0.3 is 9.64 Å². The molecule has 0 aliphatic heterocycles. The van der Waals surface area contributed by atoms with Crippen molar-refractivity contribution in [2.24, 2.45) is 0 Å². The molecule has 0 radical (unpaired) electrons. The fourth-order valence-corrected chi connectivity index (χ4v) is 2.52. The molecule has 0 aliphatic rings. The Labute approximate surface area is 164 Å². The number of benzene rings is 2. The molecule has 2 aromatic rings. The lowest BCUT2D eigenvalue weighted by atomic mass is 10.1. The Morgan fingerprint density at radius 1 is 1.00 bits per heavy atom. The van der Waals surface area contributed by atoms with Gasteiger partial charge in [-0.3, -0.25) is 20.0 Å². The van der Waals surface area contributed by atoms with Crippen molar-refractivity contribution in [1.82, 2.24) is 10.4 Å². The Kier molecular flexibility index (Phi) is 7.95. The molecule has 1 N–H and O–H groups in total. The second kappa shape index (κ2) is 10.4. The van der Waals surface area contributed by atoms with Crippen LogP contribution in [0.5, 0.6) is 0 Å². The predicted octanol–water partition coefficient (Wildman–Crippen LogP) is 2.53. The van der Waals surface area contributed by atoms with Crippen LogP contribution >= 0.6 is 0 Å². The van der Waals surface area contributed by atoms with Crippen LogP contribution in [0.25, 0.3) is 0 Å². The average Bonchev–Trinajstić information content (AvgIpc) is 2.68. The molecule has 0 fully saturated rings. The lowest BCUT2D eigenvalue weighted by Crippen LogP contribution is -2.47. The van der Waals surface area contributed by atoms with Crippen LogP contribution in [0.3, 0.4) is 0 Å². The summed E-state index contributed by atoms with van der Waals surface area (Å²) in [5, 5.41) is 1.28. The first-order chi connectivity index (χ1) is 13.4. The fourth-order valence-electron chi connectivity index (χ4n) is 2.52. The third-order valence-electron chi connectivity index (χ3n) is 4.10. The second-order valence-electron chi connectivity index (χ2n) is 6.53. The van der Waals surface area contributed by atoms with Crippen LogP contribution in [-0.4, -0.2) is 44.1 Å². The number of hydrogen-bond donors (Lipinski definition) is 1. The van der Waals surface area contributed by atoms with Gasteiger partial charge in [0.05, 0.1) is 13.0 Å². The topological polar surface area (TPSA) is 61.9 Å². The highest BCUT2D eigenvalue weighted by Gasteiger charge is 2.15. The number of nitrogens with one attached hydrogen (secondary N) is 1. The maximum absolute atomic E-state index is 12.9. The summed E-state index contributed by atoms with van der Waals surface area (Å²) < 4.78 is 18.2. The number of ether oxygens (including phenoxy) is 1. The third-order valence-corrected chi connectivity index (χ3v) is 4.10. The number of carbonyl (C=O) groups is 2. The van der Waals surface area contributed by atoms with Gasteiger partial charge in [0.15, 0.2) is 0 Å². The summed E-state index contributed by atoms with van der Waals surface area (Å²) in [5.41, 5.74) is 5.25. The molecule has 0 saturated heterocycles. The Balaban J connectivity index is 1.80. The lowest BCUT2D eigenvalue weighted by molar-refractivity contribution is -0.142. The maximum atomic E-state index is 12.9. The number of nitrogens with zero attached hydrogens (tertiary/aromatic N) is 2.